The molecule has 0 radical (unpaired) electrons. The molecule has 1 aromatic rings. The molecule has 0 aromatic carbocycles. The van der Waals surface area contributed by atoms with Crippen molar-refractivity contribution in [2.75, 3.05) is 13.2 Å². The second kappa shape index (κ2) is 8.22. The Kier molecular flexibility index (Phi) is 5.32. The number of nitrogens with zero attached hydrogens (tertiary/aromatic N) is 3. The molecule has 5 rings (SSSR count). The second-order valence-electron chi connectivity index (χ2n) is 8.83. The summed E-state index contributed by atoms with van der Waals surface area (Å²) in [5, 5.41) is 0. The van der Waals surface area contributed by atoms with Crippen LogP contribution in [0.5, 0.6) is 0 Å². The SMILES string of the molecule is c1cc(C2=NC(C3CCCCC3)CO2)nc(C2=NC(C3CCCCC3)CO2)c1. The molecule has 0 N–H and O–H groups in total. The van der Waals surface area contributed by atoms with Gasteiger partial charge in [-0.25, -0.2) is 15.0 Å². The van der Waals surface area contributed by atoms with E-state index in [0.29, 0.717) is 48.9 Å². The second-order valence-corrected chi connectivity index (χ2v) is 8.83. The number of rotatable bonds is 4. The highest BCUT2D eigenvalue weighted by atomic mass is 16.5. The first-order valence-electron chi connectivity index (χ1n) is 11.3. The zero-order chi connectivity index (χ0) is 18.8. The van der Waals surface area contributed by atoms with Crippen molar-refractivity contribution < 1.29 is 9.47 Å². The molecular formula is C23H31N3O2. The van der Waals surface area contributed by atoms with Crippen LogP contribution in [0.3, 0.4) is 0 Å². The van der Waals surface area contributed by atoms with Crippen LogP contribution in [-0.2, 0) is 9.47 Å². The van der Waals surface area contributed by atoms with Gasteiger partial charge in [0.05, 0.1) is 12.1 Å². The van der Waals surface area contributed by atoms with Crippen LogP contribution in [0.4, 0.5) is 0 Å². The Bertz CT molecular complexity index is 689. The van der Waals surface area contributed by atoms with Gasteiger partial charge in [0, 0.05) is 0 Å². The Morgan fingerprint density at radius 3 is 1.57 bits per heavy atom. The fourth-order valence-corrected chi connectivity index (χ4v) is 5.25. The largest absolute Gasteiger partial charge is 0.474 e. The molecule has 2 atom stereocenters. The third-order valence-corrected chi connectivity index (χ3v) is 6.92. The van der Waals surface area contributed by atoms with Crippen molar-refractivity contribution in [2.45, 2.75) is 76.3 Å². The molecule has 3 heterocycles. The molecule has 1 aromatic heterocycles. The van der Waals surface area contributed by atoms with Crippen LogP contribution in [0, 0.1) is 11.8 Å². The van der Waals surface area contributed by atoms with Gasteiger partial charge in [0.25, 0.3) is 0 Å². The average molecular weight is 382 g/mol. The summed E-state index contributed by atoms with van der Waals surface area (Å²) in [5.74, 6) is 2.74. The third kappa shape index (κ3) is 3.81. The maximum Gasteiger partial charge on any atom is 0.235 e. The van der Waals surface area contributed by atoms with Crippen molar-refractivity contribution >= 4 is 11.8 Å². The quantitative estimate of drug-likeness (QED) is 0.770. The number of hydrogen-bond acceptors (Lipinski definition) is 5. The molecule has 0 spiro atoms. The Hall–Kier alpha value is -1.91. The molecule has 28 heavy (non-hydrogen) atoms. The number of aliphatic imine (C=N–C) groups is 2. The van der Waals surface area contributed by atoms with Gasteiger partial charge in [-0.05, 0) is 49.7 Å². The summed E-state index contributed by atoms with van der Waals surface area (Å²) in [6.45, 7) is 1.40. The van der Waals surface area contributed by atoms with Gasteiger partial charge in [-0.1, -0.05) is 44.6 Å². The standard InChI is InChI=1S/C23H31N3O2/c1-3-8-16(9-4-1)20-14-27-22(25-20)18-12-7-13-19(24-18)23-26-21(15-28-23)17-10-5-2-6-11-17/h7,12-13,16-17,20-21H,1-6,8-11,14-15H2. The van der Waals surface area contributed by atoms with E-state index in [9.17, 15) is 0 Å². The van der Waals surface area contributed by atoms with E-state index in [0.717, 1.165) is 11.4 Å². The van der Waals surface area contributed by atoms with Gasteiger partial charge in [-0.15, -0.1) is 0 Å². The summed E-state index contributed by atoms with van der Waals surface area (Å²) in [4.78, 5) is 14.6. The van der Waals surface area contributed by atoms with Crippen molar-refractivity contribution in [3.05, 3.63) is 29.6 Å². The van der Waals surface area contributed by atoms with Crippen molar-refractivity contribution in [3.8, 4) is 0 Å². The van der Waals surface area contributed by atoms with Crippen molar-refractivity contribution in [1.29, 1.82) is 0 Å². The number of ether oxygens (including phenoxy) is 2. The first-order valence-corrected chi connectivity index (χ1v) is 11.3. The molecule has 2 aliphatic heterocycles. The van der Waals surface area contributed by atoms with Crippen LogP contribution < -0.4 is 0 Å². The molecule has 150 valence electrons. The maximum atomic E-state index is 5.95. The van der Waals surface area contributed by atoms with Gasteiger partial charge in [0.15, 0.2) is 0 Å². The monoisotopic (exact) mass is 381 g/mol. The predicted molar refractivity (Wildman–Crippen MR) is 110 cm³/mol. The molecular weight excluding hydrogens is 350 g/mol. The molecule has 2 unspecified atom stereocenters. The summed E-state index contributed by atoms with van der Waals surface area (Å²) in [6, 6.07) is 6.59. The van der Waals surface area contributed by atoms with Gasteiger partial charge < -0.3 is 9.47 Å². The van der Waals surface area contributed by atoms with Crippen LogP contribution in [0.25, 0.3) is 0 Å². The summed E-state index contributed by atoms with van der Waals surface area (Å²) in [6.07, 6.45) is 13.2. The number of pyridine rings is 1. The molecule has 5 nitrogen and oxygen atoms in total. The Labute approximate surface area is 167 Å². The van der Waals surface area contributed by atoms with E-state index in [1.54, 1.807) is 0 Å². The lowest BCUT2D eigenvalue weighted by molar-refractivity contribution is 0.240. The molecule has 2 saturated carbocycles. The highest BCUT2D eigenvalue weighted by molar-refractivity contribution is 5.97. The molecule has 2 fully saturated rings. The van der Waals surface area contributed by atoms with Crippen LogP contribution in [0.1, 0.15) is 75.6 Å². The number of aromatic nitrogens is 1. The van der Waals surface area contributed by atoms with Crippen molar-refractivity contribution in [1.82, 2.24) is 4.98 Å². The summed E-state index contributed by atoms with van der Waals surface area (Å²) in [5.41, 5.74) is 1.62. The molecule has 5 heteroatoms. The summed E-state index contributed by atoms with van der Waals surface area (Å²) in [7, 11) is 0. The number of hydrogen-bond donors (Lipinski definition) is 0. The van der Waals surface area contributed by atoms with Gasteiger partial charge in [-0.3, -0.25) is 0 Å². The fraction of sp³-hybridized carbons (Fsp3) is 0.696. The van der Waals surface area contributed by atoms with Crippen LogP contribution >= 0.6 is 0 Å². The van der Waals surface area contributed by atoms with E-state index in [1.165, 1.54) is 64.2 Å². The third-order valence-electron chi connectivity index (χ3n) is 6.92. The minimum atomic E-state index is 0.302. The van der Waals surface area contributed by atoms with Gasteiger partial charge >= 0.3 is 0 Å². The van der Waals surface area contributed by atoms with Crippen LogP contribution in [0.2, 0.25) is 0 Å². The van der Waals surface area contributed by atoms with E-state index in [2.05, 4.69) is 0 Å². The van der Waals surface area contributed by atoms with Gasteiger partial charge in [0.2, 0.25) is 11.8 Å². The maximum absolute atomic E-state index is 5.95. The first kappa shape index (κ1) is 18.1. The van der Waals surface area contributed by atoms with Crippen molar-refractivity contribution in [3.63, 3.8) is 0 Å². The summed E-state index contributed by atoms with van der Waals surface area (Å²) < 4.78 is 11.9. The Balaban J connectivity index is 1.30. The predicted octanol–water partition coefficient (Wildman–Crippen LogP) is 4.53. The van der Waals surface area contributed by atoms with Gasteiger partial charge in [-0.2, -0.15) is 0 Å². The average Bonchev–Trinajstić information content (AvgIpc) is 3.46. The minimum absolute atomic E-state index is 0.302. The van der Waals surface area contributed by atoms with E-state index in [4.69, 9.17) is 24.4 Å². The van der Waals surface area contributed by atoms with E-state index in [-0.39, 0.29) is 0 Å². The molecule has 2 aliphatic carbocycles. The van der Waals surface area contributed by atoms with Crippen LogP contribution in [0.15, 0.2) is 28.2 Å². The lowest BCUT2D eigenvalue weighted by Crippen LogP contribution is -2.22. The molecule has 0 bridgehead atoms. The van der Waals surface area contributed by atoms with E-state index < -0.39 is 0 Å². The first-order chi connectivity index (χ1) is 13.9. The molecule has 0 saturated heterocycles. The minimum Gasteiger partial charge on any atom is -0.474 e. The topological polar surface area (TPSA) is 56.1 Å². The highest BCUT2D eigenvalue weighted by Crippen LogP contribution is 2.32. The molecule has 4 aliphatic rings. The van der Waals surface area contributed by atoms with E-state index >= 15 is 0 Å². The lowest BCUT2D eigenvalue weighted by atomic mass is 9.84. The van der Waals surface area contributed by atoms with E-state index in [1.807, 2.05) is 18.2 Å². The van der Waals surface area contributed by atoms with Crippen molar-refractivity contribution in [2.24, 2.45) is 21.8 Å². The molecule has 0 amide bonds. The van der Waals surface area contributed by atoms with Gasteiger partial charge in [0.1, 0.15) is 24.6 Å². The smallest absolute Gasteiger partial charge is 0.235 e. The highest BCUT2D eigenvalue weighted by Gasteiger charge is 2.31. The normalized spacial score (nSPS) is 29.1. The van der Waals surface area contributed by atoms with Crippen LogP contribution in [-0.4, -0.2) is 42.1 Å². The fourth-order valence-electron chi connectivity index (χ4n) is 5.25. The zero-order valence-corrected chi connectivity index (χ0v) is 16.7. The Morgan fingerprint density at radius 1 is 0.643 bits per heavy atom. The summed E-state index contributed by atoms with van der Waals surface area (Å²) >= 11 is 0. The Morgan fingerprint density at radius 2 is 1.11 bits per heavy atom. The lowest BCUT2D eigenvalue weighted by Gasteiger charge is -2.24. The zero-order valence-electron chi connectivity index (χ0n) is 16.7.